The minimum atomic E-state index is -0.580. The molecule has 1 aliphatic rings. The Morgan fingerprint density at radius 2 is 2.00 bits per heavy atom. The summed E-state index contributed by atoms with van der Waals surface area (Å²) < 4.78 is 0. The van der Waals surface area contributed by atoms with Crippen LogP contribution in [0.2, 0.25) is 0 Å². The van der Waals surface area contributed by atoms with E-state index in [0.717, 1.165) is 4.90 Å². The van der Waals surface area contributed by atoms with E-state index in [2.05, 4.69) is 4.98 Å². The van der Waals surface area contributed by atoms with Crippen LogP contribution in [-0.2, 0) is 4.79 Å². The second kappa shape index (κ2) is 3.34. The maximum Gasteiger partial charge on any atom is 0.327 e. The van der Waals surface area contributed by atoms with Gasteiger partial charge in [-0.25, -0.2) is 4.79 Å². The van der Waals surface area contributed by atoms with Crippen molar-refractivity contribution in [3.05, 3.63) is 30.1 Å². The average Bonchev–Trinajstić information content (AvgIpc) is 2.45. The van der Waals surface area contributed by atoms with Crippen LogP contribution < -0.4 is 0 Å². The van der Waals surface area contributed by atoms with Crippen molar-refractivity contribution < 1.29 is 9.59 Å². The fourth-order valence-corrected chi connectivity index (χ4v) is 1.65. The van der Waals surface area contributed by atoms with Crippen LogP contribution in [0.5, 0.6) is 0 Å². The summed E-state index contributed by atoms with van der Waals surface area (Å²) in [6.45, 7) is 0. The maximum absolute atomic E-state index is 11.8. The molecule has 1 aromatic rings. The quantitative estimate of drug-likeness (QED) is 0.632. The molecule has 3 amide bonds. The molecule has 78 valence electrons. The van der Waals surface area contributed by atoms with E-state index < -0.39 is 6.04 Å². The summed E-state index contributed by atoms with van der Waals surface area (Å²) in [5.74, 6) is -0.235. The fraction of sp³-hybridized carbons (Fsp3) is 0.300. The first-order valence-corrected chi connectivity index (χ1v) is 4.58. The molecule has 1 aromatic heterocycles. The molecule has 0 spiro atoms. The number of rotatable bonds is 1. The van der Waals surface area contributed by atoms with Gasteiger partial charge < -0.3 is 4.90 Å². The van der Waals surface area contributed by atoms with Gasteiger partial charge >= 0.3 is 6.03 Å². The molecule has 0 saturated carbocycles. The smallest absolute Gasteiger partial charge is 0.310 e. The van der Waals surface area contributed by atoms with Crippen LogP contribution in [0.25, 0.3) is 0 Å². The number of nitrogens with zero attached hydrogens (tertiary/aromatic N) is 3. The Kier molecular flexibility index (Phi) is 2.15. The summed E-state index contributed by atoms with van der Waals surface area (Å²) in [5, 5.41) is 0. The van der Waals surface area contributed by atoms with Gasteiger partial charge in [-0.3, -0.25) is 14.7 Å². The van der Waals surface area contributed by atoms with E-state index in [-0.39, 0.29) is 11.9 Å². The summed E-state index contributed by atoms with van der Waals surface area (Å²) in [4.78, 5) is 29.8. The molecule has 5 heteroatoms. The Labute approximate surface area is 87.3 Å². The van der Waals surface area contributed by atoms with Crippen molar-refractivity contribution in [3.8, 4) is 0 Å². The number of aromatic nitrogens is 1. The number of carbonyl (C=O) groups excluding carboxylic acids is 2. The van der Waals surface area contributed by atoms with Crippen molar-refractivity contribution in [1.82, 2.24) is 14.8 Å². The van der Waals surface area contributed by atoms with E-state index in [1.807, 2.05) is 0 Å². The third-order valence-electron chi connectivity index (χ3n) is 2.51. The number of likely N-dealkylation sites (N-methyl/N-ethyl adjacent to an activating group) is 2. The number of amides is 3. The molecular weight excluding hydrogens is 194 g/mol. The highest BCUT2D eigenvalue weighted by Crippen LogP contribution is 2.26. The first-order valence-electron chi connectivity index (χ1n) is 4.58. The van der Waals surface area contributed by atoms with Crippen molar-refractivity contribution in [2.45, 2.75) is 6.04 Å². The fourth-order valence-electron chi connectivity index (χ4n) is 1.65. The highest BCUT2D eigenvalue weighted by atomic mass is 16.2. The zero-order valence-corrected chi connectivity index (χ0v) is 8.54. The third-order valence-corrected chi connectivity index (χ3v) is 2.51. The molecule has 2 rings (SSSR count). The lowest BCUT2D eigenvalue weighted by atomic mass is 10.2. The second-order valence-corrected chi connectivity index (χ2v) is 3.45. The van der Waals surface area contributed by atoms with Gasteiger partial charge in [0.2, 0.25) is 0 Å². The standard InChI is InChI=1S/C10H11N3O2/c1-12-8(7-5-3-4-6-11-7)9(14)13(2)10(12)15/h3-6,8H,1-2H3. The van der Waals surface area contributed by atoms with Crippen molar-refractivity contribution in [2.24, 2.45) is 0 Å². The minimum absolute atomic E-state index is 0.235. The van der Waals surface area contributed by atoms with Crippen LogP contribution in [0.3, 0.4) is 0 Å². The predicted octanol–water partition coefficient (Wildman–Crippen LogP) is 0.647. The zero-order chi connectivity index (χ0) is 11.0. The van der Waals surface area contributed by atoms with Gasteiger partial charge in [-0.15, -0.1) is 0 Å². The van der Waals surface area contributed by atoms with Crippen LogP contribution >= 0.6 is 0 Å². The number of urea groups is 1. The molecule has 2 heterocycles. The number of hydrogen-bond donors (Lipinski definition) is 0. The minimum Gasteiger partial charge on any atom is -0.310 e. The van der Waals surface area contributed by atoms with E-state index >= 15 is 0 Å². The van der Waals surface area contributed by atoms with E-state index in [9.17, 15) is 9.59 Å². The Morgan fingerprint density at radius 3 is 2.47 bits per heavy atom. The molecular formula is C10H11N3O2. The maximum atomic E-state index is 11.8. The van der Waals surface area contributed by atoms with Gasteiger partial charge in [0.05, 0.1) is 5.69 Å². The molecule has 0 radical (unpaired) electrons. The topological polar surface area (TPSA) is 53.5 Å². The molecule has 1 saturated heterocycles. The molecule has 0 aromatic carbocycles. The lowest BCUT2D eigenvalue weighted by Crippen LogP contribution is -2.27. The monoisotopic (exact) mass is 205 g/mol. The lowest BCUT2D eigenvalue weighted by Gasteiger charge is -2.14. The molecule has 1 atom stereocenters. The molecule has 1 unspecified atom stereocenters. The van der Waals surface area contributed by atoms with Crippen LogP contribution in [0, 0.1) is 0 Å². The van der Waals surface area contributed by atoms with Gasteiger partial charge in [-0.2, -0.15) is 0 Å². The normalized spacial score (nSPS) is 21.3. The summed E-state index contributed by atoms with van der Waals surface area (Å²) >= 11 is 0. The highest BCUT2D eigenvalue weighted by molar-refractivity contribution is 6.03. The number of carbonyl (C=O) groups is 2. The molecule has 0 bridgehead atoms. The van der Waals surface area contributed by atoms with Crippen molar-refractivity contribution in [2.75, 3.05) is 14.1 Å². The lowest BCUT2D eigenvalue weighted by molar-refractivity contribution is -0.127. The molecule has 15 heavy (non-hydrogen) atoms. The highest BCUT2D eigenvalue weighted by Gasteiger charge is 2.42. The summed E-state index contributed by atoms with van der Waals surface area (Å²) in [6, 6.07) is 4.44. The van der Waals surface area contributed by atoms with E-state index in [1.165, 1.54) is 11.9 Å². The van der Waals surface area contributed by atoms with Crippen LogP contribution in [0.1, 0.15) is 11.7 Å². The Bertz CT molecular complexity index is 404. The number of pyridine rings is 1. The van der Waals surface area contributed by atoms with E-state index in [0.29, 0.717) is 5.69 Å². The van der Waals surface area contributed by atoms with Crippen molar-refractivity contribution in [1.29, 1.82) is 0 Å². The Hall–Kier alpha value is -1.91. The molecule has 5 nitrogen and oxygen atoms in total. The molecule has 1 aliphatic heterocycles. The first-order chi connectivity index (χ1) is 7.13. The van der Waals surface area contributed by atoms with Crippen molar-refractivity contribution in [3.63, 3.8) is 0 Å². The van der Waals surface area contributed by atoms with Crippen LogP contribution in [0.4, 0.5) is 4.79 Å². The summed E-state index contributed by atoms with van der Waals surface area (Å²) in [5.41, 5.74) is 0.600. The number of imide groups is 1. The summed E-state index contributed by atoms with van der Waals surface area (Å²) in [6.07, 6.45) is 1.61. The average molecular weight is 205 g/mol. The van der Waals surface area contributed by atoms with Gasteiger partial charge in [0.15, 0.2) is 6.04 Å². The molecule has 1 fully saturated rings. The zero-order valence-electron chi connectivity index (χ0n) is 8.54. The molecule has 0 N–H and O–H groups in total. The Morgan fingerprint density at radius 1 is 1.27 bits per heavy atom. The Balaban J connectivity index is 2.39. The third kappa shape index (κ3) is 1.36. The predicted molar refractivity (Wildman–Crippen MR) is 52.9 cm³/mol. The second-order valence-electron chi connectivity index (χ2n) is 3.45. The van der Waals surface area contributed by atoms with Crippen LogP contribution in [-0.4, -0.2) is 40.8 Å². The van der Waals surface area contributed by atoms with Gasteiger partial charge in [0.1, 0.15) is 0 Å². The largest absolute Gasteiger partial charge is 0.327 e. The van der Waals surface area contributed by atoms with Gasteiger partial charge in [0.25, 0.3) is 5.91 Å². The van der Waals surface area contributed by atoms with Crippen molar-refractivity contribution >= 4 is 11.9 Å². The van der Waals surface area contributed by atoms with E-state index in [4.69, 9.17) is 0 Å². The van der Waals surface area contributed by atoms with Gasteiger partial charge in [0, 0.05) is 20.3 Å². The first kappa shape index (κ1) is 9.64. The molecule has 0 aliphatic carbocycles. The van der Waals surface area contributed by atoms with E-state index in [1.54, 1.807) is 31.4 Å². The van der Waals surface area contributed by atoms with Crippen LogP contribution in [0.15, 0.2) is 24.4 Å². The SMILES string of the molecule is CN1C(=O)C(c2ccccn2)N(C)C1=O. The van der Waals surface area contributed by atoms with Gasteiger partial charge in [-0.05, 0) is 12.1 Å². The number of hydrogen-bond acceptors (Lipinski definition) is 3. The van der Waals surface area contributed by atoms with Gasteiger partial charge in [-0.1, -0.05) is 6.07 Å². The summed E-state index contributed by atoms with van der Waals surface area (Å²) in [7, 11) is 3.08.